The highest BCUT2D eigenvalue weighted by Crippen LogP contribution is 2.18. The highest BCUT2D eigenvalue weighted by molar-refractivity contribution is 6.60. The van der Waals surface area contributed by atoms with Crippen LogP contribution in [0, 0.1) is 0 Å². The maximum absolute atomic E-state index is 12.2. The van der Waals surface area contributed by atoms with E-state index in [2.05, 4.69) is 17.6 Å². The van der Waals surface area contributed by atoms with Crippen molar-refractivity contribution in [2.75, 3.05) is 44.9 Å². The zero-order valence-corrected chi connectivity index (χ0v) is 29.9. The summed E-state index contributed by atoms with van der Waals surface area (Å²) in [6.45, 7) is 10.7. The molecule has 1 aromatic rings. The Hall–Kier alpha value is -2.73. The van der Waals surface area contributed by atoms with Gasteiger partial charge in [-0.05, 0) is 83.1 Å². The number of amides is 2. The standard InChI is InChI=1S/C35H60N2O8Si/c1-5-9-10-11-12-13-16-20-33(38)37-32-24-21-31(22-25-32)23-26-34(39)41-28-17-14-15-18-29-42-35(40)36-27-19-30-46(43-6-2,44-7-3)45-8-4/h21-26H,5-20,27-30H2,1-4H3,(H,36,40)(H,37,38)/b26-23+. The predicted octanol–water partition coefficient (Wildman–Crippen LogP) is 8.05. The Morgan fingerprint density at radius 3 is 1.87 bits per heavy atom. The number of nitrogens with one attached hydrogen (secondary N) is 2. The van der Waals surface area contributed by atoms with Gasteiger partial charge in [-0.1, -0.05) is 57.6 Å². The molecule has 0 saturated heterocycles. The SMILES string of the molecule is CCCCCCCCCC(=O)Nc1ccc(/C=C/C(=O)OCCCCCCOC(=O)NCCC[Si](OCC)(OCC)OCC)cc1. The fraction of sp³-hybridized carbons (Fsp3) is 0.686. The molecule has 0 aliphatic heterocycles. The highest BCUT2D eigenvalue weighted by Gasteiger charge is 2.39. The van der Waals surface area contributed by atoms with Crippen LogP contribution in [-0.4, -0.2) is 66.4 Å². The maximum atomic E-state index is 12.2. The zero-order chi connectivity index (χ0) is 33.7. The third-order valence-corrected chi connectivity index (χ3v) is 10.3. The van der Waals surface area contributed by atoms with Crippen LogP contribution in [0.2, 0.25) is 6.04 Å². The third-order valence-electron chi connectivity index (χ3n) is 7.15. The van der Waals surface area contributed by atoms with Crippen molar-refractivity contribution in [2.24, 2.45) is 0 Å². The van der Waals surface area contributed by atoms with E-state index in [9.17, 15) is 14.4 Å². The number of hydrogen-bond acceptors (Lipinski definition) is 8. The molecule has 2 N–H and O–H groups in total. The monoisotopic (exact) mass is 664 g/mol. The van der Waals surface area contributed by atoms with E-state index in [1.807, 2.05) is 45.0 Å². The van der Waals surface area contributed by atoms with E-state index in [-0.39, 0.29) is 5.91 Å². The van der Waals surface area contributed by atoms with Gasteiger partial charge in [-0.25, -0.2) is 9.59 Å². The molecule has 10 nitrogen and oxygen atoms in total. The molecule has 0 saturated carbocycles. The normalized spacial score (nSPS) is 11.5. The van der Waals surface area contributed by atoms with Crippen LogP contribution in [0.3, 0.4) is 0 Å². The number of carbonyl (C=O) groups is 3. The lowest BCUT2D eigenvalue weighted by Gasteiger charge is -2.28. The Labute approximate surface area is 278 Å². The van der Waals surface area contributed by atoms with Crippen molar-refractivity contribution >= 4 is 38.5 Å². The second-order valence-corrected chi connectivity index (χ2v) is 13.8. The molecule has 1 aromatic carbocycles. The van der Waals surface area contributed by atoms with Crippen molar-refractivity contribution in [2.45, 2.75) is 117 Å². The first-order valence-corrected chi connectivity index (χ1v) is 19.4. The minimum absolute atomic E-state index is 0.0347. The fourth-order valence-corrected chi connectivity index (χ4v) is 7.41. The lowest BCUT2D eigenvalue weighted by Crippen LogP contribution is -2.46. The van der Waals surface area contributed by atoms with E-state index in [1.54, 1.807) is 6.08 Å². The van der Waals surface area contributed by atoms with Crippen molar-refractivity contribution in [3.05, 3.63) is 35.9 Å². The largest absolute Gasteiger partial charge is 0.500 e. The molecular weight excluding hydrogens is 604 g/mol. The van der Waals surface area contributed by atoms with Crippen molar-refractivity contribution in [3.8, 4) is 0 Å². The molecule has 0 heterocycles. The van der Waals surface area contributed by atoms with Gasteiger partial charge in [0.15, 0.2) is 0 Å². The maximum Gasteiger partial charge on any atom is 0.500 e. The van der Waals surface area contributed by atoms with Gasteiger partial charge < -0.3 is 33.4 Å². The van der Waals surface area contributed by atoms with Crippen LogP contribution in [0.1, 0.15) is 117 Å². The Balaban J connectivity index is 2.10. The Morgan fingerprint density at radius 2 is 1.26 bits per heavy atom. The van der Waals surface area contributed by atoms with Crippen LogP contribution in [0.15, 0.2) is 30.3 Å². The van der Waals surface area contributed by atoms with Gasteiger partial charge in [0, 0.05) is 50.6 Å². The topological polar surface area (TPSA) is 121 Å². The van der Waals surface area contributed by atoms with Crippen molar-refractivity contribution in [3.63, 3.8) is 0 Å². The quantitative estimate of drug-likeness (QED) is 0.0400. The predicted molar refractivity (Wildman–Crippen MR) is 186 cm³/mol. The second-order valence-electron chi connectivity index (χ2n) is 11.1. The first kappa shape index (κ1) is 41.3. The lowest BCUT2D eigenvalue weighted by atomic mass is 10.1. The molecule has 46 heavy (non-hydrogen) atoms. The van der Waals surface area contributed by atoms with Gasteiger partial charge >= 0.3 is 20.9 Å². The van der Waals surface area contributed by atoms with E-state index in [0.29, 0.717) is 58.5 Å². The molecule has 262 valence electrons. The molecular formula is C35H60N2O8Si. The van der Waals surface area contributed by atoms with Gasteiger partial charge in [-0.15, -0.1) is 0 Å². The van der Waals surface area contributed by atoms with Crippen LogP contribution >= 0.6 is 0 Å². The molecule has 2 amide bonds. The van der Waals surface area contributed by atoms with Crippen LogP contribution in [0.4, 0.5) is 10.5 Å². The number of rotatable bonds is 28. The number of carbonyl (C=O) groups excluding carboxylic acids is 3. The number of unbranched alkanes of at least 4 members (excludes halogenated alkanes) is 9. The highest BCUT2D eigenvalue weighted by atomic mass is 28.4. The van der Waals surface area contributed by atoms with E-state index in [1.165, 1.54) is 38.2 Å². The Kier molecular flexibility index (Phi) is 24.6. The van der Waals surface area contributed by atoms with Gasteiger partial charge in [0.2, 0.25) is 5.91 Å². The first-order valence-electron chi connectivity index (χ1n) is 17.4. The number of hydrogen-bond donors (Lipinski definition) is 2. The summed E-state index contributed by atoms with van der Waals surface area (Å²) in [5.74, 6) is -0.358. The van der Waals surface area contributed by atoms with Crippen LogP contribution in [0.5, 0.6) is 0 Å². The zero-order valence-electron chi connectivity index (χ0n) is 28.9. The average Bonchev–Trinajstić information content (AvgIpc) is 3.04. The lowest BCUT2D eigenvalue weighted by molar-refractivity contribution is -0.137. The molecule has 0 spiro atoms. The summed E-state index contributed by atoms with van der Waals surface area (Å²) in [5.41, 5.74) is 1.60. The number of ether oxygens (including phenoxy) is 2. The molecule has 0 aromatic heterocycles. The smallest absolute Gasteiger partial charge is 0.463 e. The number of anilines is 1. The minimum atomic E-state index is -2.70. The summed E-state index contributed by atoms with van der Waals surface area (Å²) in [5, 5.41) is 5.70. The molecule has 0 unspecified atom stereocenters. The van der Waals surface area contributed by atoms with Crippen LogP contribution in [-0.2, 0) is 32.3 Å². The molecule has 0 bridgehead atoms. The second kappa shape index (κ2) is 27.4. The van der Waals surface area contributed by atoms with E-state index in [0.717, 1.165) is 49.8 Å². The van der Waals surface area contributed by atoms with Crippen LogP contribution in [0.25, 0.3) is 6.08 Å². The molecule has 0 fully saturated rings. The molecule has 0 radical (unpaired) electrons. The van der Waals surface area contributed by atoms with Crippen molar-refractivity contribution < 1.29 is 37.1 Å². The van der Waals surface area contributed by atoms with Gasteiger partial charge in [0.25, 0.3) is 0 Å². The Bertz CT molecular complexity index is 957. The number of benzene rings is 1. The number of esters is 1. The molecule has 1 rings (SSSR count). The van der Waals surface area contributed by atoms with E-state index >= 15 is 0 Å². The van der Waals surface area contributed by atoms with Crippen molar-refractivity contribution in [1.29, 1.82) is 0 Å². The minimum Gasteiger partial charge on any atom is -0.463 e. The van der Waals surface area contributed by atoms with E-state index < -0.39 is 20.9 Å². The summed E-state index contributed by atoms with van der Waals surface area (Å²) in [7, 11) is -2.70. The Morgan fingerprint density at radius 1 is 0.696 bits per heavy atom. The van der Waals surface area contributed by atoms with Crippen LogP contribution < -0.4 is 10.6 Å². The van der Waals surface area contributed by atoms with E-state index in [4.69, 9.17) is 22.8 Å². The van der Waals surface area contributed by atoms with Crippen molar-refractivity contribution in [1.82, 2.24) is 5.32 Å². The summed E-state index contributed by atoms with van der Waals surface area (Å²) in [4.78, 5) is 36.2. The molecule has 11 heteroatoms. The first-order chi connectivity index (χ1) is 22.4. The average molecular weight is 665 g/mol. The summed E-state index contributed by atoms with van der Waals surface area (Å²) >= 11 is 0. The van der Waals surface area contributed by atoms with Gasteiger partial charge in [-0.2, -0.15) is 0 Å². The summed E-state index contributed by atoms with van der Waals surface area (Å²) in [6.07, 6.45) is 15.4. The molecule has 0 atom stereocenters. The summed E-state index contributed by atoms with van der Waals surface area (Å²) in [6, 6.07) is 8.02. The number of alkyl carbamates (subject to hydrolysis) is 1. The third kappa shape index (κ3) is 21.1. The van der Waals surface area contributed by atoms with Gasteiger partial charge in [0.05, 0.1) is 13.2 Å². The van der Waals surface area contributed by atoms with Gasteiger partial charge in [0.1, 0.15) is 0 Å². The van der Waals surface area contributed by atoms with Gasteiger partial charge in [-0.3, -0.25) is 4.79 Å². The fourth-order valence-electron chi connectivity index (χ4n) is 4.80. The summed E-state index contributed by atoms with van der Waals surface area (Å²) < 4.78 is 28.0. The molecule has 0 aliphatic carbocycles. The molecule has 0 aliphatic rings.